The van der Waals surface area contributed by atoms with Gasteiger partial charge >= 0.3 is 0 Å². The summed E-state index contributed by atoms with van der Waals surface area (Å²) in [6, 6.07) is 3.08. The highest BCUT2D eigenvalue weighted by Crippen LogP contribution is 2.60. The van der Waals surface area contributed by atoms with Gasteiger partial charge in [0.15, 0.2) is 23.1 Å². The third-order valence-electron chi connectivity index (χ3n) is 5.05. The zero-order chi connectivity index (χ0) is 21.0. The summed E-state index contributed by atoms with van der Waals surface area (Å²) >= 11 is 28.9. The summed E-state index contributed by atoms with van der Waals surface area (Å²) < 4.78 is 5.51. The van der Waals surface area contributed by atoms with E-state index in [1.165, 1.54) is 19.3 Å². The molecule has 3 rings (SSSR count). The van der Waals surface area contributed by atoms with E-state index in [-0.39, 0.29) is 17.9 Å². The third-order valence-corrected chi connectivity index (χ3v) is 7.90. The van der Waals surface area contributed by atoms with Crippen LogP contribution in [-0.2, 0) is 9.59 Å². The summed E-state index contributed by atoms with van der Waals surface area (Å²) in [6.07, 6.45) is 3.19. The van der Waals surface area contributed by atoms with Gasteiger partial charge in [-0.15, -0.1) is 23.2 Å². The number of benzene rings is 1. The Hall–Kier alpha value is -0.980. The maximum Gasteiger partial charge on any atom is 0.199 e. The predicted octanol–water partition coefficient (Wildman–Crippen LogP) is 5.56. The lowest BCUT2D eigenvalue weighted by Crippen LogP contribution is -2.64. The minimum atomic E-state index is -1.96. The van der Waals surface area contributed by atoms with Gasteiger partial charge in [-0.3, -0.25) is 9.59 Å². The zero-order valence-electron chi connectivity index (χ0n) is 14.4. The van der Waals surface area contributed by atoms with Crippen molar-refractivity contribution in [3.63, 3.8) is 0 Å². The van der Waals surface area contributed by atoms with Crippen LogP contribution >= 0.6 is 62.3 Å². The topological polar surface area (TPSA) is 63.6 Å². The largest absolute Gasteiger partial charge is 0.503 e. The molecule has 0 bridgehead atoms. The molecule has 0 aliphatic heterocycles. The highest BCUT2D eigenvalue weighted by Gasteiger charge is 2.68. The SMILES string of the molecule is C=CC1=CCC2(Cl)C(=O)C(Cl)=C(Cl)C(=O)C2(Cl)C1c1cc(Br)c(O)c(OC)c1. The fourth-order valence-corrected chi connectivity index (χ4v) is 5.54. The summed E-state index contributed by atoms with van der Waals surface area (Å²) in [5, 5.41) is 9.24. The van der Waals surface area contributed by atoms with Crippen LogP contribution in [0.2, 0.25) is 0 Å². The number of phenolic OH excluding ortho intramolecular Hbond substituents is 1. The Balaban J connectivity index is 2.36. The minimum Gasteiger partial charge on any atom is -0.503 e. The van der Waals surface area contributed by atoms with E-state index in [1.54, 1.807) is 12.1 Å². The van der Waals surface area contributed by atoms with Crippen LogP contribution in [0.3, 0.4) is 0 Å². The number of alkyl halides is 2. The molecule has 0 saturated heterocycles. The van der Waals surface area contributed by atoms with Gasteiger partial charge in [-0.1, -0.05) is 41.9 Å². The number of ether oxygens (including phenoxy) is 1. The van der Waals surface area contributed by atoms with Crippen LogP contribution in [0.5, 0.6) is 11.5 Å². The summed E-state index contributed by atoms with van der Waals surface area (Å²) in [4.78, 5) is 22.3. The smallest absolute Gasteiger partial charge is 0.199 e. The molecule has 3 unspecified atom stereocenters. The van der Waals surface area contributed by atoms with Gasteiger partial charge in [0.2, 0.25) is 0 Å². The van der Waals surface area contributed by atoms with Crippen LogP contribution in [0.4, 0.5) is 0 Å². The molecule has 9 heteroatoms. The number of aromatic hydroxyl groups is 1. The number of methoxy groups -OCH3 is 1. The van der Waals surface area contributed by atoms with Gasteiger partial charge in [-0.25, -0.2) is 0 Å². The van der Waals surface area contributed by atoms with Crippen LogP contribution < -0.4 is 4.74 Å². The molecular weight excluding hydrogens is 514 g/mol. The molecule has 148 valence electrons. The fraction of sp³-hybridized carbons (Fsp3) is 0.263. The normalized spacial score (nSPS) is 30.1. The monoisotopic (exact) mass is 524 g/mol. The van der Waals surface area contributed by atoms with Gasteiger partial charge < -0.3 is 9.84 Å². The van der Waals surface area contributed by atoms with Crippen LogP contribution in [-0.4, -0.2) is 33.5 Å². The maximum atomic E-state index is 13.2. The van der Waals surface area contributed by atoms with E-state index < -0.39 is 37.3 Å². The van der Waals surface area contributed by atoms with E-state index in [9.17, 15) is 14.7 Å². The average molecular weight is 527 g/mol. The maximum absolute atomic E-state index is 13.2. The lowest BCUT2D eigenvalue weighted by atomic mass is 9.62. The first kappa shape index (κ1) is 21.7. The number of rotatable bonds is 3. The van der Waals surface area contributed by atoms with Gasteiger partial charge in [0, 0.05) is 5.92 Å². The second-order valence-electron chi connectivity index (χ2n) is 6.40. The lowest BCUT2D eigenvalue weighted by Gasteiger charge is -2.50. The minimum absolute atomic E-state index is 0.0305. The Morgan fingerprint density at radius 3 is 2.43 bits per heavy atom. The Morgan fingerprint density at radius 2 is 1.86 bits per heavy atom. The van der Waals surface area contributed by atoms with Crippen molar-refractivity contribution in [3.05, 3.63) is 56.5 Å². The molecule has 28 heavy (non-hydrogen) atoms. The number of allylic oxidation sites excluding steroid dienone is 5. The third kappa shape index (κ3) is 2.78. The van der Waals surface area contributed by atoms with Crippen molar-refractivity contribution >= 4 is 73.9 Å². The van der Waals surface area contributed by atoms with E-state index >= 15 is 0 Å². The molecule has 0 fully saturated rings. The number of hydrogen-bond donors (Lipinski definition) is 1. The molecule has 0 amide bonds. The van der Waals surface area contributed by atoms with Crippen LogP contribution in [0.1, 0.15) is 17.9 Å². The molecule has 0 spiro atoms. The molecule has 0 heterocycles. The standard InChI is InChI=1S/C19H13BrCl4O4/c1-3-8-4-5-18(23)16(26)13(21)14(22)17(27)19(18,24)12(8)9-6-10(20)15(25)11(7-9)28-2/h3-4,6-7,12,25H,1,5H2,2H3. The fourth-order valence-electron chi connectivity index (χ4n) is 3.62. The van der Waals surface area contributed by atoms with Gasteiger partial charge in [0.1, 0.15) is 19.8 Å². The Morgan fingerprint density at radius 1 is 1.25 bits per heavy atom. The molecule has 4 nitrogen and oxygen atoms in total. The molecule has 0 aromatic heterocycles. The number of phenols is 1. The van der Waals surface area contributed by atoms with Crippen molar-refractivity contribution in [2.75, 3.05) is 7.11 Å². The summed E-state index contributed by atoms with van der Waals surface area (Å²) in [7, 11) is 1.38. The van der Waals surface area contributed by atoms with E-state index in [4.69, 9.17) is 51.1 Å². The van der Waals surface area contributed by atoms with Crippen molar-refractivity contribution < 1.29 is 19.4 Å². The van der Waals surface area contributed by atoms with Crippen molar-refractivity contribution in [3.8, 4) is 11.5 Å². The van der Waals surface area contributed by atoms with Crippen molar-refractivity contribution in [1.82, 2.24) is 0 Å². The summed E-state index contributed by atoms with van der Waals surface area (Å²) in [5.74, 6) is -2.36. The quantitative estimate of drug-likeness (QED) is 0.524. The van der Waals surface area contributed by atoms with Crippen LogP contribution in [0, 0.1) is 0 Å². The van der Waals surface area contributed by atoms with Crippen molar-refractivity contribution in [2.45, 2.75) is 22.1 Å². The molecule has 3 atom stereocenters. The van der Waals surface area contributed by atoms with Gasteiger partial charge in [0.05, 0.1) is 11.6 Å². The van der Waals surface area contributed by atoms with Gasteiger partial charge in [-0.2, -0.15) is 0 Å². The number of halogens is 5. The van der Waals surface area contributed by atoms with Crippen molar-refractivity contribution in [2.24, 2.45) is 0 Å². The predicted molar refractivity (Wildman–Crippen MR) is 114 cm³/mol. The second-order valence-corrected chi connectivity index (χ2v) is 9.25. The van der Waals surface area contributed by atoms with Crippen molar-refractivity contribution in [1.29, 1.82) is 0 Å². The number of hydrogen-bond acceptors (Lipinski definition) is 4. The number of ketones is 2. The number of carbonyl (C=O) groups is 2. The first-order valence-corrected chi connectivity index (χ1v) is 10.3. The van der Waals surface area contributed by atoms with E-state index in [1.807, 2.05) is 0 Å². The van der Waals surface area contributed by atoms with Gasteiger partial charge in [-0.05, 0) is 45.6 Å². The Bertz CT molecular complexity index is 986. The molecule has 1 N–H and O–H groups in total. The van der Waals surface area contributed by atoms with Gasteiger partial charge in [0.25, 0.3) is 0 Å². The van der Waals surface area contributed by atoms with E-state index in [0.29, 0.717) is 15.6 Å². The Kier molecular flexibility index (Phi) is 5.72. The highest BCUT2D eigenvalue weighted by atomic mass is 79.9. The lowest BCUT2D eigenvalue weighted by molar-refractivity contribution is -0.127. The summed E-state index contributed by atoms with van der Waals surface area (Å²) in [5.41, 5.74) is 1.05. The second kappa shape index (κ2) is 7.37. The molecule has 2 aliphatic carbocycles. The molecule has 1 aromatic rings. The number of Topliss-reactive ketones (excluding diaryl/α,β-unsaturated/α-hetero) is 2. The summed E-state index contributed by atoms with van der Waals surface area (Å²) in [6.45, 7) is 3.78. The molecule has 0 saturated carbocycles. The Labute approximate surface area is 189 Å². The number of carbonyl (C=O) groups excluding carboxylic acids is 2. The first-order chi connectivity index (χ1) is 13.0. The molecular formula is C19H13BrCl4O4. The average Bonchev–Trinajstić information content (AvgIpc) is 2.68. The highest BCUT2D eigenvalue weighted by molar-refractivity contribution is 9.10. The first-order valence-electron chi connectivity index (χ1n) is 7.96. The molecule has 0 radical (unpaired) electrons. The molecule has 1 aromatic carbocycles. The van der Waals surface area contributed by atoms with E-state index in [2.05, 4.69) is 22.5 Å². The van der Waals surface area contributed by atoms with Crippen LogP contribution in [0.15, 0.2) is 51.0 Å². The van der Waals surface area contributed by atoms with Crippen LogP contribution in [0.25, 0.3) is 0 Å². The molecule has 2 aliphatic rings. The van der Waals surface area contributed by atoms with E-state index in [0.717, 1.165) is 0 Å². The zero-order valence-corrected chi connectivity index (χ0v) is 19.0. The number of fused-ring (bicyclic) bond motifs is 1.